The number of aromatic nitrogens is 1. The van der Waals surface area contributed by atoms with Crippen LogP contribution in [-0.4, -0.2) is 14.2 Å². The van der Waals surface area contributed by atoms with E-state index in [-0.39, 0.29) is 0 Å². The zero-order valence-electron chi connectivity index (χ0n) is 12.9. The number of ether oxygens (including phenoxy) is 2. The van der Waals surface area contributed by atoms with Crippen LogP contribution in [0.25, 0.3) is 16.3 Å². The molecule has 21 heavy (non-hydrogen) atoms. The van der Waals surface area contributed by atoms with E-state index in [2.05, 4.69) is 48.8 Å². The van der Waals surface area contributed by atoms with Crippen LogP contribution in [0.1, 0.15) is 25.3 Å². The molecule has 1 aromatic carbocycles. The minimum Gasteiger partial charge on any atom is -0.493 e. The molecule has 3 rings (SSSR count). The first-order valence-electron chi connectivity index (χ1n) is 7.14. The molecule has 3 heteroatoms. The summed E-state index contributed by atoms with van der Waals surface area (Å²) in [4.78, 5) is 0. The topological polar surface area (TPSA) is 22.6 Å². The summed E-state index contributed by atoms with van der Waals surface area (Å²) in [5, 5.41) is 2.29. The average Bonchev–Trinajstić information content (AvgIpc) is 2.51. The van der Waals surface area contributed by atoms with E-state index < -0.39 is 0 Å². The zero-order chi connectivity index (χ0) is 15.0. The number of methoxy groups -OCH3 is 2. The lowest BCUT2D eigenvalue weighted by Crippen LogP contribution is -2.20. The molecule has 0 spiro atoms. The molecule has 0 aliphatic carbocycles. The van der Waals surface area contributed by atoms with Gasteiger partial charge in [-0.2, -0.15) is 4.40 Å². The van der Waals surface area contributed by atoms with Crippen molar-refractivity contribution >= 4 is 16.3 Å². The zero-order valence-corrected chi connectivity index (χ0v) is 12.9. The van der Waals surface area contributed by atoms with E-state index >= 15 is 0 Å². The fourth-order valence-electron chi connectivity index (χ4n) is 2.82. The third kappa shape index (κ3) is 2.19. The third-order valence-electron chi connectivity index (χ3n) is 3.89. The summed E-state index contributed by atoms with van der Waals surface area (Å²) >= 11 is 0. The Labute approximate surface area is 124 Å². The van der Waals surface area contributed by atoms with Crippen molar-refractivity contribution < 1.29 is 13.9 Å². The molecule has 108 valence electrons. The van der Waals surface area contributed by atoms with Crippen molar-refractivity contribution in [1.82, 2.24) is 0 Å². The smallest absolute Gasteiger partial charge is 0.211 e. The minimum absolute atomic E-state index is 0.411. The molecule has 0 aliphatic heterocycles. The molecule has 0 fully saturated rings. The van der Waals surface area contributed by atoms with Gasteiger partial charge in [0.2, 0.25) is 5.52 Å². The van der Waals surface area contributed by atoms with Gasteiger partial charge in [-0.1, -0.05) is 13.8 Å². The maximum atomic E-state index is 5.60. The van der Waals surface area contributed by atoms with Crippen LogP contribution < -0.4 is 13.9 Å². The van der Waals surface area contributed by atoms with Crippen molar-refractivity contribution in [2.75, 3.05) is 14.2 Å². The summed E-state index contributed by atoms with van der Waals surface area (Å²) in [6.45, 7) is 4.39. The van der Waals surface area contributed by atoms with Gasteiger partial charge in [0, 0.05) is 23.6 Å². The lowest BCUT2D eigenvalue weighted by Gasteiger charge is -2.15. The van der Waals surface area contributed by atoms with Crippen molar-refractivity contribution in [3.05, 3.63) is 48.3 Å². The lowest BCUT2D eigenvalue weighted by molar-refractivity contribution is -0.510. The van der Waals surface area contributed by atoms with Crippen molar-refractivity contribution in [3.63, 3.8) is 0 Å². The third-order valence-corrected chi connectivity index (χ3v) is 3.89. The number of benzene rings is 1. The Balaban J connectivity index is 2.49. The second kappa shape index (κ2) is 5.24. The van der Waals surface area contributed by atoms with Crippen molar-refractivity contribution in [1.29, 1.82) is 0 Å². The highest BCUT2D eigenvalue weighted by Gasteiger charge is 2.18. The lowest BCUT2D eigenvalue weighted by atomic mass is 9.96. The quantitative estimate of drug-likeness (QED) is 0.539. The van der Waals surface area contributed by atoms with Crippen molar-refractivity contribution in [2.24, 2.45) is 0 Å². The molecule has 2 heterocycles. The molecule has 0 aliphatic rings. The Morgan fingerprint density at radius 2 is 1.81 bits per heavy atom. The molecule has 0 atom stereocenters. The van der Waals surface area contributed by atoms with E-state index in [1.54, 1.807) is 14.2 Å². The Hall–Kier alpha value is -2.29. The molecule has 0 saturated carbocycles. The first kappa shape index (κ1) is 13.7. The van der Waals surface area contributed by atoms with Crippen LogP contribution >= 0.6 is 0 Å². The Morgan fingerprint density at radius 3 is 2.48 bits per heavy atom. The summed E-state index contributed by atoms with van der Waals surface area (Å²) < 4.78 is 13.3. The van der Waals surface area contributed by atoms with E-state index in [4.69, 9.17) is 9.47 Å². The molecule has 0 amide bonds. The molecule has 0 N–H and O–H groups in total. The predicted octanol–water partition coefficient (Wildman–Crippen LogP) is 3.72. The van der Waals surface area contributed by atoms with E-state index in [1.807, 2.05) is 12.1 Å². The fourth-order valence-corrected chi connectivity index (χ4v) is 2.82. The summed E-state index contributed by atoms with van der Waals surface area (Å²) in [7, 11) is 3.37. The highest BCUT2D eigenvalue weighted by atomic mass is 16.5. The summed E-state index contributed by atoms with van der Waals surface area (Å²) in [5.41, 5.74) is 2.40. The van der Waals surface area contributed by atoms with Gasteiger partial charge in [-0.25, -0.2) is 0 Å². The summed E-state index contributed by atoms with van der Waals surface area (Å²) in [6, 6.07) is 10.4. The number of hydrogen-bond donors (Lipinski definition) is 0. The average molecular weight is 282 g/mol. The van der Waals surface area contributed by atoms with Crippen molar-refractivity contribution in [2.45, 2.75) is 19.8 Å². The standard InChI is InChI=1S/C18H20NO2/c1-12(2)14-10-17(20-3)18(21-4)15-9-13-7-5-6-8-19(13)11-16(14)15/h5-12H,1-4H3/q+1. The molecular formula is C18H20NO2+. The number of rotatable bonds is 3. The highest BCUT2D eigenvalue weighted by Crippen LogP contribution is 2.40. The Bertz CT molecular complexity index is 809. The summed E-state index contributed by atoms with van der Waals surface area (Å²) in [6.07, 6.45) is 4.23. The maximum Gasteiger partial charge on any atom is 0.211 e. The highest BCUT2D eigenvalue weighted by molar-refractivity contribution is 5.94. The van der Waals surface area contributed by atoms with Crippen LogP contribution in [0.2, 0.25) is 0 Å². The molecule has 3 nitrogen and oxygen atoms in total. The predicted molar refractivity (Wildman–Crippen MR) is 84.3 cm³/mol. The van der Waals surface area contributed by atoms with Gasteiger partial charge in [-0.05, 0) is 23.6 Å². The van der Waals surface area contributed by atoms with E-state index in [0.717, 1.165) is 22.4 Å². The molecule has 0 saturated heterocycles. The molecule has 0 radical (unpaired) electrons. The molecule has 0 unspecified atom stereocenters. The van der Waals surface area contributed by atoms with E-state index in [1.165, 1.54) is 10.9 Å². The van der Waals surface area contributed by atoms with Crippen LogP contribution in [0.4, 0.5) is 0 Å². The normalized spacial score (nSPS) is 11.3. The minimum atomic E-state index is 0.411. The fraction of sp³-hybridized carbons (Fsp3) is 0.278. The van der Waals surface area contributed by atoms with Gasteiger partial charge < -0.3 is 9.47 Å². The van der Waals surface area contributed by atoms with Gasteiger partial charge in [0.15, 0.2) is 23.9 Å². The van der Waals surface area contributed by atoms with Crippen LogP contribution in [0.5, 0.6) is 11.5 Å². The molecule has 3 aromatic rings. The molecule has 0 bridgehead atoms. The van der Waals surface area contributed by atoms with Gasteiger partial charge in [-0.3, -0.25) is 0 Å². The number of hydrogen-bond acceptors (Lipinski definition) is 2. The Kier molecular flexibility index (Phi) is 3.42. The van der Waals surface area contributed by atoms with Crippen LogP contribution in [-0.2, 0) is 0 Å². The first-order valence-corrected chi connectivity index (χ1v) is 7.14. The van der Waals surface area contributed by atoms with Gasteiger partial charge in [0.1, 0.15) is 0 Å². The van der Waals surface area contributed by atoms with Gasteiger partial charge >= 0.3 is 0 Å². The number of fused-ring (bicyclic) bond motifs is 2. The van der Waals surface area contributed by atoms with Crippen LogP contribution in [0.3, 0.4) is 0 Å². The van der Waals surface area contributed by atoms with Gasteiger partial charge in [0.05, 0.1) is 19.6 Å². The van der Waals surface area contributed by atoms with E-state index in [0.29, 0.717) is 5.92 Å². The monoisotopic (exact) mass is 282 g/mol. The SMILES string of the molecule is COc1cc(C(C)C)c2c[n+]3ccccc3cc2c1OC. The molecule has 2 aromatic heterocycles. The van der Waals surface area contributed by atoms with Crippen LogP contribution in [0, 0.1) is 0 Å². The first-order chi connectivity index (χ1) is 10.2. The second-order valence-electron chi connectivity index (χ2n) is 5.49. The largest absolute Gasteiger partial charge is 0.493 e. The van der Waals surface area contributed by atoms with Gasteiger partial charge in [-0.15, -0.1) is 0 Å². The second-order valence-corrected chi connectivity index (χ2v) is 5.49. The number of pyridine rings is 2. The Morgan fingerprint density at radius 1 is 1.00 bits per heavy atom. The van der Waals surface area contributed by atoms with Gasteiger partial charge in [0.25, 0.3) is 0 Å². The van der Waals surface area contributed by atoms with E-state index in [9.17, 15) is 0 Å². The number of nitrogens with zero attached hydrogens (tertiary/aromatic N) is 1. The molecular weight excluding hydrogens is 262 g/mol. The van der Waals surface area contributed by atoms with Crippen LogP contribution in [0.15, 0.2) is 42.7 Å². The van der Waals surface area contributed by atoms with Crippen molar-refractivity contribution in [3.8, 4) is 11.5 Å². The maximum absolute atomic E-state index is 5.60. The summed E-state index contributed by atoms with van der Waals surface area (Å²) in [5.74, 6) is 1.99.